The van der Waals surface area contributed by atoms with Crippen molar-refractivity contribution >= 4 is 15.9 Å². The monoisotopic (exact) mass is 340 g/mol. The molecule has 0 N–H and O–H groups in total. The summed E-state index contributed by atoms with van der Waals surface area (Å²) in [4.78, 5) is 11.8. The molecule has 106 valence electrons. The summed E-state index contributed by atoms with van der Waals surface area (Å²) in [5, 5.41) is 4.19. The lowest BCUT2D eigenvalue weighted by Gasteiger charge is -2.21. The van der Waals surface area contributed by atoms with Gasteiger partial charge in [-0.3, -0.25) is 0 Å². The van der Waals surface area contributed by atoms with E-state index in [2.05, 4.69) is 21.0 Å². The molecule has 3 rings (SSSR count). The summed E-state index contributed by atoms with van der Waals surface area (Å²) in [6.07, 6.45) is 0.318. The highest BCUT2D eigenvalue weighted by molar-refractivity contribution is 9.10. The van der Waals surface area contributed by atoms with E-state index in [0.29, 0.717) is 37.8 Å². The standard InChI is InChI=1S/C13H13BrN2O4/c14-9-1-3-10(4-2-9)16-13(17)20-12(15-16)7-11-8-18-5-6-19-11/h1-4,11H,5-8H2. The van der Waals surface area contributed by atoms with E-state index in [1.54, 1.807) is 12.1 Å². The molecule has 1 atom stereocenters. The first kappa shape index (κ1) is 13.5. The summed E-state index contributed by atoms with van der Waals surface area (Å²) in [6, 6.07) is 7.26. The summed E-state index contributed by atoms with van der Waals surface area (Å²) in [5.41, 5.74) is 0.661. The quantitative estimate of drug-likeness (QED) is 0.847. The van der Waals surface area contributed by atoms with Crippen molar-refractivity contribution in [1.29, 1.82) is 0 Å². The lowest BCUT2D eigenvalue weighted by molar-refractivity contribution is -0.0891. The lowest BCUT2D eigenvalue weighted by atomic mass is 10.2. The molecule has 2 heterocycles. The molecule has 0 spiro atoms. The van der Waals surface area contributed by atoms with Gasteiger partial charge in [-0.15, -0.1) is 5.10 Å². The van der Waals surface area contributed by atoms with Crippen LogP contribution in [0.5, 0.6) is 0 Å². The van der Waals surface area contributed by atoms with E-state index < -0.39 is 5.76 Å². The van der Waals surface area contributed by atoms with Crippen LogP contribution in [0.15, 0.2) is 37.9 Å². The Labute approximate surface area is 123 Å². The zero-order chi connectivity index (χ0) is 13.9. The molecule has 7 heteroatoms. The number of aromatic nitrogens is 2. The first-order chi connectivity index (χ1) is 9.72. The largest absolute Gasteiger partial charge is 0.441 e. The first-order valence-corrected chi connectivity index (χ1v) is 7.06. The molecule has 1 aromatic carbocycles. The molecule has 1 saturated heterocycles. The molecular formula is C13H13BrN2O4. The van der Waals surface area contributed by atoms with Crippen LogP contribution in [0, 0.1) is 0 Å². The summed E-state index contributed by atoms with van der Waals surface area (Å²) < 4.78 is 18.1. The Morgan fingerprint density at radius 2 is 2.10 bits per heavy atom. The smallest absolute Gasteiger partial charge is 0.392 e. The molecule has 1 aromatic heterocycles. The van der Waals surface area contributed by atoms with Crippen molar-refractivity contribution in [3.8, 4) is 5.69 Å². The third-order valence-corrected chi connectivity index (χ3v) is 3.48. The summed E-state index contributed by atoms with van der Waals surface area (Å²) in [6.45, 7) is 1.66. The fraction of sp³-hybridized carbons (Fsp3) is 0.385. The molecule has 0 amide bonds. The highest BCUT2D eigenvalue weighted by Gasteiger charge is 2.19. The van der Waals surface area contributed by atoms with Gasteiger partial charge in [0, 0.05) is 4.47 Å². The second-order valence-corrected chi connectivity index (χ2v) is 5.34. The molecule has 1 fully saturated rings. The topological polar surface area (TPSA) is 66.5 Å². The Morgan fingerprint density at radius 1 is 1.30 bits per heavy atom. The van der Waals surface area contributed by atoms with Crippen molar-refractivity contribution < 1.29 is 13.9 Å². The zero-order valence-electron chi connectivity index (χ0n) is 10.6. The minimum atomic E-state index is -0.501. The number of nitrogens with zero attached hydrogens (tertiary/aromatic N) is 2. The first-order valence-electron chi connectivity index (χ1n) is 6.27. The minimum Gasteiger partial charge on any atom is -0.392 e. The maximum Gasteiger partial charge on any atom is 0.441 e. The van der Waals surface area contributed by atoms with Crippen LogP contribution in [0.4, 0.5) is 0 Å². The van der Waals surface area contributed by atoms with E-state index in [0.717, 1.165) is 4.47 Å². The number of benzene rings is 1. The highest BCUT2D eigenvalue weighted by atomic mass is 79.9. The van der Waals surface area contributed by atoms with Crippen LogP contribution in [-0.2, 0) is 15.9 Å². The number of hydrogen-bond acceptors (Lipinski definition) is 5. The minimum absolute atomic E-state index is 0.111. The van der Waals surface area contributed by atoms with Gasteiger partial charge in [0.25, 0.3) is 0 Å². The Balaban J connectivity index is 1.80. The van der Waals surface area contributed by atoms with Crippen LogP contribution in [0.1, 0.15) is 5.89 Å². The van der Waals surface area contributed by atoms with Gasteiger partial charge in [0.2, 0.25) is 5.89 Å². The highest BCUT2D eigenvalue weighted by Crippen LogP contribution is 2.13. The van der Waals surface area contributed by atoms with Crippen LogP contribution in [0.3, 0.4) is 0 Å². The third kappa shape index (κ3) is 3.00. The van der Waals surface area contributed by atoms with E-state index in [-0.39, 0.29) is 6.10 Å². The summed E-state index contributed by atoms with van der Waals surface area (Å²) in [7, 11) is 0. The predicted molar refractivity (Wildman–Crippen MR) is 74.1 cm³/mol. The number of rotatable bonds is 3. The van der Waals surface area contributed by atoms with Crippen molar-refractivity contribution in [1.82, 2.24) is 9.78 Å². The van der Waals surface area contributed by atoms with Crippen LogP contribution in [0.25, 0.3) is 5.69 Å². The second kappa shape index (κ2) is 5.90. The summed E-state index contributed by atoms with van der Waals surface area (Å²) >= 11 is 3.35. The van der Waals surface area contributed by atoms with E-state index in [4.69, 9.17) is 13.9 Å². The van der Waals surface area contributed by atoms with Crippen LogP contribution < -0.4 is 5.76 Å². The third-order valence-electron chi connectivity index (χ3n) is 2.95. The molecule has 20 heavy (non-hydrogen) atoms. The molecule has 0 aliphatic carbocycles. The van der Waals surface area contributed by atoms with Crippen LogP contribution >= 0.6 is 15.9 Å². The average Bonchev–Trinajstić information content (AvgIpc) is 2.81. The van der Waals surface area contributed by atoms with E-state index in [9.17, 15) is 4.79 Å². The lowest BCUT2D eigenvalue weighted by Crippen LogP contribution is -2.30. The van der Waals surface area contributed by atoms with Gasteiger partial charge in [-0.2, -0.15) is 4.68 Å². The molecule has 1 unspecified atom stereocenters. The van der Waals surface area contributed by atoms with Gasteiger partial charge in [0.15, 0.2) is 0 Å². The normalized spacial score (nSPS) is 19.1. The van der Waals surface area contributed by atoms with E-state index in [1.807, 2.05) is 12.1 Å². The van der Waals surface area contributed by atoms with Crippen molar-refractivity contribution in [2.45, 2.75) is 12.5 Å². The Hall–Kier alpha value is -1.44. The van der Waals surface area contributed by atoms with Crippen LogP contribution in [0.2, 0.25) is 0 Å². The Bertz CT molecular complexity index is 629. The van der Waals surface area contributed by atoms with Gasteiger partial charge in [-0.05, 0) is 24.3 Å². The van der Waals surface area contributed by atoms with Gasteiger partial charge < -0.3 is 13.9 Å². The van der Waals surface area contributed by atoms with E-state index in [1.165, 1.54) is 4.68 Å². The number of ether oxygens (including phenoxy) is 2. The molecular weight excluding hydrogens is 328 g/mol. The predicted octanol–water partition coefficient (Wildman–Crippen LogP) is 1.55. The van der Waals surface area contributed by atoms with Gasteiger partial charge in [-0.25, -0.2) is 4.79 Å². The molecule has 6 nitrogen and oxygen atoms in total. The van der Waals surface area contributed by atoms with Crippen molar-refractivity contribution in [2.24, 2.45) is 0 Å². The number of hydrogen-bond donors (Lipinski definition) is 0. The fourth-order valence-electron chi connectivity index (χ4n) is 1.99. The zero-order valence-corrected chi connectivity index (χ0v) is 12.2. The molecule has 1 aliphatic rings. The Kier molecular flexibility index (Phi) is 4.00. The van der Waals surface area contributed by atoms with Crippen molar-refractivity contribution in [3.63, 3.8) is 0 Å². The maximum absolute atomic E-state index is 11.8. The SMILES string of the molecule is O=c1oc(CC2COCCO2)nn1-c1ccc(Br)cc1. The molecule has 1 aliphatic heterocycles. The molecule has 0 saturated carbocycles. The van der Waals surface area contributed by atoms with Gasteiger partial charge >= 0.3 is 5.76 Å². The van der Waals surface area contributed by atoms with Crippen LogP contribution in [-0.4, -0.2) is 35.7 Å². The fourth-order valence-corrected chi connectivity index (χ4v) is 2.26. The second-order valence-electron chi connectivity index (χ2n) is 4.42. The number of halogens is 1. The Morgan fingerprint density at radius 3 is 2.80 bits per heavy atom. The molecule has 0 bridgehead atoms. The molecule has 0 radical (unpaired) electrons. The molecule has 2 aromatic rings. The summed E-state index contributed by atoms with van der Waals surface area (Å²) in [5.74, 6) is -0.146. The van der Waals surface area contributed by atoms with Crippen molar-refractivity contribution in [2.75, 3.05) is 19.8 Å². The van der Waals surface area contributed by atoms with Gasteiger partial charge in [0.05, 0.1) is 38.0 Å². The van der Waals surface area contributed by atoms with E-state index >= 15 is 0 Å². The van der Waals surface area contributed by atoms with Crippen molar-refractivity contribution in [3.05, 3.63) is 45.2 Å². The maximum atomic E-state index is 11.8. The van der Waals surface area contributed by atoms with Gasteiger partial charge in [-0.1, -0.05) is 15.9 Å². The average molecular weight is 341 g/mol. The van der Waals surface area contributed by atoms with Gasteiger partial charge in [0.1, 0.15) is 0 Å².